The van der Waals surface area contributed by atoms with E-state index in [9.17, 15) is 9.59 Å². The number of amides is 2. The fourth-order valence-electron chi connectivity index (χ4n) is 4.05. The average molecular weight is 356 g/mol. The zero-order chi connectivity index (χ0) is 17.7. The molecule has 3 aliphatic rings. The van der Waals surface area contributed by atoms with Crippen molar-refractivity contribution in [3.8, 4) is 0 Å². The van der Waals surface area contributed by atoms with Gasteiger partial charge in [-0.3, -0.25) is 4.79 Å². The molecule has 8 heteroatoms. The van der Waals surface area contributed by atoms with Crippen LogP contribution in [0.5, 0.6) is 0 Å². The third-order valence-electron chi connectivity index (χ3n) is 5.86. The summed E-state index contributed by atoms with van der Waals surface area (Å²) >= 11 is 0. The Bertz CT molecular complexity index is 887. The van der Waals surface area contributed by atoms with E-state index < -0.39 is 0 Å². The molecular formula is C18H24N6O2. The molecule has 1 saturated heterocycles. The lowest BCUT2D eigenvalue weighted by Crippen LogP contribution is -2.53. The van der Waals surface area contributed by atoms with Gasteiger partial charge in [0.25, 0.3) is 5.56 Å². The van der Waals surface area contributed by atoms with Crippen molar-refractivity contribution < 1.29 is 4.79 Å². The van der Waals surface area contributed by atoms with Crippen LogP contribution in [-0.2, 0) is 0 Å². The molecule has 0 aromatic carbocycles. The maximum atomic E-state index is 12.5. The summed E-state index contributed by atoms with van der Waals surface area (Å²) in [5.41, 5.74) is 0.560. The number of hydrogen-bond donors (Lipinski definition) is 2. The van der Waals surface area contributed by atoms with Crippen molar-refractivity contribution in [1.82, 2.24) is 30.0 Å². The van der Waals surface area contributed by atoms with Crippen LogP contribution < -0.4 is 10.9 Å². The Balaban J connectivity index is 1.37. The van der Waals surface area contributed by atoms with Gasteiger partial charge in [0.15, 0.2) is 5.65 Å². The van der Waals surface area contributed by atoms with E-state index in [1.165, 1.54) is 19.3 Å². The number of nitrogens with zero attached hydrogens (tertiary/aromatic N) is 4. The second kappa shape index (κ2) is 6.10. The molecule has 2 N–H and O–H groups in total. The molecule has 2 aromatic heterocycles. The predicted octanol–water partition coefficient (Wildman–Crippen LogP) is 1.90. The smallest absolute Gasteiger partial charge is 0.317 e. The standard InChI is InChI=1S/C18H24N6O2/c25-17-14-8-19-24(13-4-2-1-3-5-13)16(14)21-15(22-17)11-9-23(10-11)18(26)20-12-6-7-12/h8,11-13H,1-7,9-10H2,(H,20,26)(H,21,22,25). The Morgan fingerprint density at radius 3 is 2.65 bits per heavy atom. The van der Waals surface area contributed by atoms with Crippen molar-refractivity contribution in [3.63, 3.8) is 0 Å². The lowest BCUT2D eigenvalue weighted by molar-refractivity contribution is 0.148. The summed E-state index contributed by atoms with van der Waals surface area (Å²) in [5.74, 6) is 0.766. The molecule has 0 unspecified atom stereocenters. The Labute approximate surface area is 151 Å². The topological polar surface area (TPSA) is 95.9 Å². The maximum absolute atomic E-state index is 12.5. The van der Waals surface area contributed by atoms with E-state index in [-0.39, 0.29) is 17.5 Å². The van der Waals surface area contributed by atoms with Crippen molar-refractivity contribution >= 4 is 17.1 Å². The van der Waals surface area contributed by atoms with Crippen LogP contribution in [0.1, 0.15) is 62.7 Å². The summed E-state index contributed by atoms with van der Waals surface area (Å²) in [5, 5.41) is 8.02. The van der Waals surface area contributed by atoms with Gasteiger partial charge in [-0.2, -0.15) is 5.10 Å². The summed E-state index contributed by atoms with van der Waals surface area (Å²) < 4.78 is 1.95. The molecule has 2 amide bonds. The Hall–Kier alpha value is -2.38. The highest BCUT2D eigenvalue weighted by Crippen LogP contribution is 2.30. The summed E-state index contributed by atoms with van der Waals surface area (Å²) in [4.78, 5) is 34.0. The number of fused-ring (bicyclic) bond motifs is 1. The molecule has 2 saturated carbocycles. The second-order valence-electron chi connectivity index (χ2n) is 7.90. The minimum Gasteiger partial charge on any atom is -0.335 e. The van der Waals surface area contributed by atoms with E-state index >= 15 is 0 Å². The van der Waals surface area contributed by atoms with Gasteiger partial charge in [-0.1, -0.05) is 19.3 Å². The minimum atomic E-state index is -0.132. The molecule has 8 nitrogen and oxygen atoms in total. The second-order valence-corrected chi connectivity index (χ2v) is 7.90. The van der Waals surface area contributed by atoms with E-state index in [1.807, 2.05) is 4.68 Å². The number of carbonyl (C=O) groups is 1. The zero-order valence-electron chi connectivity index (χ0n) is 14.8. The average Bonchev–Trinajstić information content (AvgIpc) is 3.30. The predicted molar refractivity (Wildman–Crippen MR) is 96.1 cm³/mol. The highest BCUT2D eigenvalue weighted by Gasteiger charge is 2.36. The third-order valence-corrected chi connectivity index (χ3v) is 5.86. The molecule has 2 aromatic rings. The monoisotopic (exact) mass is 356 g/mol. The first-order valence-electron chi connectivity index (χ1n) is 9.72. The SMILES string of the molecule is O=C(NC1CC1)N1CC(c2nc3c(cnn3C3CCCCC3)c(=O)[nH]2)C1. The Morgan fingerprint density at radius 2 is 1.92 bits per heavy atom. The van der Waals surface area contributed by atoms with Crippen LogP contribution in [0.3, 0.4) is 0 Å². The van der Waals surface area contributed by atoms with Crippen LogP contribution in [0.25, 0.3) is 11.0 Å². The lowest BCUT2D eigenvalue weighted by atomic mass is 9.96. The number of urea groups is 1. The van der Waals surface area contributed by atoms with Crippen LogP contribution in [0, 0.1) is 0 Å². The largest absolute Gasteiger partial charge is 0.335 e. The van der Waals surface area contributed by atoms with Gasteiger partial charge >= 0.3 is 6.03 Å². The number of likely N-dealkylation sites (tertiary alicyclic amines) is 1. The molecule has 0 atom stereocenters. The van der Waals surface area contributed by atoms with E-state index in [1.54, 1.807) is 11.1 Å². The minimum absolute atomic E-state index is 0.000535. The van der Waals surface area contributed by atoms with Gasteiger partial charge in [0.1, 0.15) is 11.2 Å². The van der Waals surface area contributed by atoms with Crippen LogP contribution in [0.4, 0.5) is 4.79 Å². The molecule has 0 radical (unpaired) electrons. The normalized spacial score (nSPS) is 21.8. The van der Waals surface area contributed by atoms with Gasteiger partial charge in [0, 0.05) is 19.1 Å². The molecule has 26 heavy (non-hydrogen) atoms. The van der Waals surface area contributed by atoms with Gasteiger partial charge in [-0.05, 0) is 25.7 Å². The quantitative estimate of drug-likeness (QED) is 0.878. The van der Waals surface area contributed by atoms with E-state index in [0.717, 1.165) is 25.7 Å². The first-order chi connectivity index (χ1) is 12.7. The molecule has 138 valence electrons. The molecule has 2 aliphatic carbocycles. The third kappa shape index (κ3) is 2.77. The number of aromatic amines is 1. The number of hydrogen-bond acceptors (Lipinski definition) is 4. The van der Waals surface area contributed by atoms with E-state index in [0.29, 0.717) is 42.0 Å². The van der Waals surface area contributed by atoms with Gasteiger partial charge < -0.3 is 15.2 Å². The van der Waals surface area contributed by atoms with Crippen LogP contribution in [0.15, 0.2) is 11.0 Å². The Morgan fingerprint density at radius 1 is 1.15 bits per heavy atom. The maximum Gasteiger partial charge on any atom is 0.317 e. The van der Waals surface area contributed by atoms with Crippen molar-refractivity contribution in [2.75, 3.05) is 13.1 Å². The summed E-state index contributed by atoms with van der Waals surface area (Å²) in [6.07, 6.45) is 9.68. The molecule has 1 aliphatic heterocycles. The number of H-pyrrole nitrogens is 1. The Kier molecular flexibility index (Phi) is 3.72. The molecule has 0 bridgehead atoms. The van der Waals surface area contributed by atoms with Crippen LogP contribution in [0.2, 0.25) is 0 Å². The number of nitrogens with one attached hydrogen (secondary N) is 2. The first kappa shape index (κ1) is 15.8. The van der Waals surface area contributed by atoms with Gasteiger partial charge in [0.05, 0.1) is 18.2 Å². The van der Waals surface area contributed by atoms with Crippen molar-refractivity contribution in [1.29, 1.82) is 0 Å². The molecule has 3 heterocycles. The van der Waals surface area contributed by atoms with E-state index in [2.05, 4.69) is 15.4 Å². The van der Waals surface area contributed by atoms with Gasteiger partial charge in [0.2, 0.25) is 0 Å². The molecule has 3 fully saturated rings. The fraction of sp³-hybridized carbons (Fsp3) is 0.667. The number of carbonyl (C=O) groups excluding carboxylic acids is 1. The van der Waals surface area contributed by atoms with Crippen LogP contribution in [-0.4, -0.2) is 49.8 Å². The van der Waals surface area contributed by atoms with Crippen LogP contribution >= 0.6 is 0 Å². The lowest BCUT2D eigenvalue weighted by Gasteiger charge is -2.38. The number of rotatable bonds is 3. The first-order valence-corrected chi connectivity index (χ1v) is 9.72. The van der Waals surface area contributed by atoms with Crippen molar-refractivity contribution in [3.05, 3.63) is 22.4 Å². The van der Waals surface area contributed by atoms with E-state index in [4.69, 9.17) is 4.98 Å². The molecule has 0 spiro atoms. The summed E-state index contributed by atoms with van der Waals surface area (Å²) in [7, 11) is 0. The number of aromatic nitrogens is 4. The van der Waals surface area contributed by atoms with Gasteiger partial charge in [-0.25, -0.2) is 14.5 Å². The van der Waals surface area contributed by atoms with Crippen molar-refractivity contribution in [2.24, 2.45) is 0 Å². The summed E-state index contributed by atoms with van der Waals surface area (Å²) in [6.45, 7) is 1.20. The highest BCUT2D eigenvalue weighted by molar-refractivity contribution is 5.76. The highest BCUT2D eigenvalue weighted by atomic mass is 16.2. The molecule has 5 rings (SSSR count). The van der Waals surface area contributed by atoms with Gasteiger partial charge in [-0.15, -0.1) is 0 Å². The molecular weight excluding hydrogens is 332 g/mol. The van der Waals surface area contributed by atoms with Crippen molar-refractivity contribution in [2.45, 2.75) is 62.9 Å². The summed E-state index contributed by atoms with van der Waals surface area (Å²) in [6, 6.07) is 0.700. The zero-order valence-corrected chi connectivity index (χ0v) is 14.8. The fourth-order valence-corrected chi connectivity index (χ4v) is 4.05.